The number of ether oxygens (including phenoxy) is 2. The number of esters is 1. The van der Waals surface area contributed by atoms with Crippen molar-refractivity contribution in [1.29, 1.82) is 0 Å². The largest absolute Gasteiger partial charge is 0.433 e. The van der Waals surface area contributed by atoms with Crippen LogP contribution >= 0.6 is 0 Å². The first-order chi connectivity index (χ1) is 9.29. The van der Waals surface area contributed by atoms with Crippen LogP contribution in [0.1, 0.15) is 12.5 Å². The van der Waals surface area contributed by atoms with Crippen LogP contribution in [-0.4, -0.2) is 25.8 Å². The lowest BCUT2D eigenvalue weighted by Crippen LogP contribution is -2.46. The van der Waals surface area contributed by atoms with E-state index in [4.69, 9.17) is 0 Å². The van der Waals surface area contributed by atoms with E-state index in [9.17, 15) is 18.0 Å². The van der Waals surface area contributed by atoms with Crippen molar-refractivity contribution in [3.8, 4) is 0 Å². The van der Waals surface area contributed by atoms with Crippen LogP contribution in [0.3, 0.4) is 0 Å². The normalized spacial score (nSPS) is 13.9. The summed E-state index contributed by atoms with van der Waals surface area (Å²) in [6, 6.07) is 5.76. The van der Waals surface area contributed by atoms with E-state index in [0.29, 0.717) is 0 Å². The molecule has 6 nitrogen and oxygen atoms in total. The van der Waals surface area contributed by atoms with Gasteiger partial charge in [0, 0.05) is 6.92 Å². The van der Waals surface area contributed by atoms with E-state index in [1.165, 1.54) is 12.1 Å². The number of hydrogen-bond donors (Lipinski definition) is 0. The maximum Gasteiger partial charge on any atom is 0.371 e. The highest BCUT2D eigenvalue weighted by Gasteiger charge is 2.51. The van der Waals surface area contributed by atoms with Crippen LogP contribution in [0.4, 0.5) is 0 Å². The quantitative estimate of drug-likeness (QED) is 0.447. The predicted octanol–water partition coefficient (Wildman–Crippen LogP) is 1.34. The first-order valence-corrected chi connectivity index (χ1v) is 7.02. The lowest BCUT2D eigenvalue weighted by atomic mass is 10.2. The zero-order valence-corrected chi connectivity index (χ0v) is 11.8. The first-order valence-electron chi connectivity index (χ1n) is 5.54. The highest BCUT2D eigenvalue weighted by Crippen LogP contribution is 2.28. The summed E-state index contributed by atoms with van der Waals surface area (Å²) in [7, 11) is -4.28. The Balaban J connectivity index is 3.38. The van der Waals surface area contributed by atoms with Gasteiger partial charge in [-0.25, -0.2) is 13.2 Å². The zero-order chi connectivity index (χ0) is 15.4. The fourth-order valence-corrected chi connectivity index (χ4v) is 2.82. The van der Waals surface area contributed by atoms with Gasteiger partial charge in [0.25, 0.3) is 6.47 Å². The second-order valence-corrected chi connectivity index (χ2v) is 6.31. The molecule has 0 aliphatic carbocycles. The van der Waals surface area contributed by atoms with Gasteiger partial charge >= 0.3 is 10.9 Å². The molecule has 0 spiro atoms. The lowest BCUT2D eigenvalue weighted by molar-refractivity contribution is -0.159. The van der Waals surface area contributed by atoms with Gasteiger partial charge in [-0.05, 0) is 19.1 Å². The van der Waals surface area contributed by atoms with Crippen molar-refractivity contribution >= 4 is 22.3 Å². The first kappa shape index (κ1) is 15.9. The molecule has 0 amide bonds. The number of carbonyl (C=O) groups excluding carboxylic acids is 2. The summed E-state index contributed by atoms with van der Waals surface area (Å²) in [5.41, 5.74) is 0.843. The van der Waals surface area contributed by atoms with E-state index >= 15 is 0 Å². The van der Waals surface area contributed by atoms with Gasteiger partial charge < -0.3 is 9.47 Å². The van der Waals surface area contributed by atoms with Crippen LogP contribution in [0.2, 0.25) is 0 Å². The summed E-state index contributed by atoms with van der Waals surface area (Å²) in [6.45, 7) is 5.77. The number of rotatable bonds is 6. The third-order valence-corrected chi connectivity index (χ3v) is 4.86. The average Bonchev–Trinajstić information content (AvgIpc) is 2.39. The van der Waals surface area contributed by atoms with Gasteiger partial charge in [0.15, 0.2) is 0 Å². The van der Waals surface area contributed by atoms with E-state index in [0.717, 1.165) is 18.7 Å². The molecule has 1 aromatic carbocycles. The molecule has 0 heterocycles. The number of hydrogen-bond acceptors (Lipinski definition) is 6. The van der Waals surface area contributed by atoms with Crippen molar-refractivity contribution in [2.75, 3.05) is 0 Å². The molecule has 0 saturated heterocycles. The average molecular weight is 298 g/mol. The number of aryl methyl sites for hydroxylation is 1. The monoisotopic (exact) mass is 298 g/mol. The third kappa shape index (κ3) is 2.72. The molecule has 0 bridgehead atoms. The van der Waals surface area contributed by atoms with Crippen molar-refractivity contribution in [3.05, 3.63) is 42.7 Å². The van der Waals surface area contributed by atoms with Crippen LogP contribution in [0.5, 0.6) is 0 Å². The van der Waals surface area contributed by atoms with Gasteiger partial charge in [-0.1, -0.05) is 24.3 Å². The molecule has 0 fully saturated rings. The smallest absolute Gasteiger partial charge is 0.371 e. The Kier molecular flexibility index (Phi) is 4.67. The molecule has 1 aromatic rings. The van der Waals surface area contributed by atoms with E-state index in [1.807, 2.05) is 0 Å². The molecule has 0 radical (unpaired) electrons. The maximum absolute atomic E-state index is 12.5. The maximum atomic E-state index is 12.5. The van der Waals surface area contributed by atoms with Gasteiger partial charge in [-0.3, -0.25) is 4.79 Å². The molecule has 0 saturated carbocycles. The Labute approximate surface area is 116 Å². The third-order valence-electron chi connectivity index (χ3n) is 2.68. The number of carbonyl (C=O) groups is 2. The second kappa shape index (κ2) is 5.87. The highest BCUT2D eigenvalue weighted by molar-refractivity contribution is 7.93. The van der Waals surface area contributed by atoms with E-state index < -0.39 is 20.7 Å². The molecule has 108 valence electrons. The van der Waals surface area contributed by atoms with Crippen molar-refractivity contribution in [2.24, 2.45) is 0 Å². The minimum atomic E-state index is -4.28. The van der Waals surface area contributed by atoms with Crippen molar-refractivity contribution in [1.82, 2.24) is 0 Å². The van der Waals surface area contributed by atoms with Gasteiger partial charge in [-0.2, -0.15) is 0 Å². The Morgan fingerprint density at radius 2 is 1.85 bits per heavy atom. The molecular formula is C13H14O6S. The lowest BCUT2D eigenvalue weighted by Gasteiger charge is -2.24. The highest BCUT2D eigenvalue weighted by atomic mass is 32.2. The molecule has 0 aliphatic heterocycles. The fraction of sp³-hybridized carbons (Fsp3) is 0.231. The van der Waals surface area contributed by atoms with Crippen LogP contribution in [-0.2, 0) is 28.9 Å². The summed E-state index contributed by atoms with van der Waals surface area (Å²) in [6.07, 6.45) is 0.763. The van der Waals surface area contributed by atoms with Crippen molar-refractivity contribution in [2.45, 2.75) is 23.7 Å². The second-order valence-electron chi connectivity index (χ2n) is 4.05. The molecule has 7 heteroatoms. The molecule has 1 rings (SSSR count). The van der Waals surface area contributed by atoms with Gasteiger partial charge in [0.05, 0.1) is 11.2 Å². The Morgan fingerprint density at radius 1 is 1.30 bits per heavy atom. The molecule has 0 N–H and O–H groups in total. The zero-order valence-electron chi connectivity index (χ0n) is 11.0. The SMILES string of the molecule is C=COC(=O)C(C)(OC=O)S(=O)(=O)c1ccc(C)cc1. The van der Waals surface area contributed by atoms with Crippen LogP contribution < -0.4 is 0 Å². The molecule has 0 aliphatic rings. The molecule has 1 unspecified atom stereocenters. The molecule has 1 atom stereocenters. The summed E-state index contributed by atoms with van der Waals surface area (Å²) in [5, 5.41) is 0. The van der Waals surface area contributed by atoms with Gasteiger partial charge in [0.2, 0.25) is 9.84 Å². The summed E-state index contributed by atoms with van der Waals surface area (Å²) < 4.78 is 33.9. The van der Waals surface area contributed by atoms with Gasteiger partial charge in [0.1, 0.15) is 0 Å². The number of sulfone groups is 1. The predicted molar refractivity (Wildman–Crippen MR) is 70.2 cm³/mol. The molecular weight excluding hydrogens is 284 g/mol. The summed E-state index contributed by atoms with van der Waals surface area (Å²) >= 11 is 0. The van der Waals surface area contributed by atoms with Crippen LogP contribution in [0.25, 0.3) is 0 Å². The Morgan fingerprint density at radius 3 is 2.30 bits per heavy atom. The Bertz CT molecular complexity index is 617. The van der Waals surface area contributed by atoms with E-state index in [-0.39, 0.29) is 11.4 Å². The van der Waals surface area contributed by atoms with Crippen LogP contribution in [0.15, 0.2) is 42.0 Å². The standard InChI is InChI=1S/C13H14O6S/c1-4-18-12(15)13(3,19-9-14)20(16,17)11-7-5-10(2)6-8-11/h4-9H,1H2,2-3H3. The summed E-state index contributed by atoms with van der Waals surface area (Å²) in [5.74, 6) is -1.25. The summed E-state index contributed by atoms with van der Waals surface area (Å²) in [4.78, 5) is 19.7. The minimum Gasteiger partial charge on any atom is -0.433 e. The van der Waals surface area contributed by atoms with E-state index in [2.05, 4.69) is 16.1 Å². The number of benzene rings is 1. The topological polar surface area (TPSA) is 86.7 Å². The fourth-order valence-electron chi connectivity index (χ4n) is 1.44. The van der Waals surface area contributed by atoms with Crippen molar-refractivity contribution < 1.29 is 27.5 Å². The Hall–Kier alpha value is -2.15. The van der Waals surface area contributed by atoms with Crippen molar-refractivity contribution in [3.63, 3.8) is 0 Å². The molecule has 20 heavy (non-hydrogen) atoms. The van der Waals surface area contributed by atoms with E-state index in [1.54, 1.807) is 19.1 Å². The van der Waals surface area contributed by atoms with Gasteiger partial charge in [-0.15, -0.1) is 0 Å². The van der Waals surface area contributed by atoms with Crippen LogP contribution in [0, 0.1) is 6.92 Å². The molecule has 0 aromatic heterocycles. The minimum absolute atomic E-state index is 0.115.